The van der Waals surface area contributed by atoms with E-state index in [2.05, 4.69) is 9.80 Å². The number of amides is 1. The van der Waals surface area contributed by atoms with Gasteiger partial charge in [0.2, 0.25) is 5.91 Å². The number of halogens is 1. The van der Waals surface area contributed by atoms with E-state index in [1.807, 2.05) is 11.0 Å². The zero-order chi connectivity index (χ0) is 22.2. The monoisotopic (exact) mass is 440 g/mol. The highest BCUT2D eigenvalue weighted by Gasteiger charge is 2.43. The summed E-state index contributed by atoms with van der Waals surface area (Å²) in [7, 11) is 0. The van der Waals surface area contributed by atoms with Gasteiger partial charge in [-0.05, 0) is 42.3 Å². The zero-order valence-corrected chi connectivity index (χ0v) is 17.7. The number of fused-ring (bicyclic) bond motifs is 3. The van der Waals surface area contributed by atoms with Gasteiger partial charge in [0.05, 0.1) is 30.1 Å². The van der Waals surface area contributed by atoms with Crippen LogP contribution in [0.5, 0.6) is 0 Å². The molecule has 9 heteroatoms. The van der Waals surface area contributed by atoms with Crippen LogP contribution < -0.4 is 9.80 Å². The third-order valence-corrected chi connectivity index (χ3v) is 6.74. The van der Waals surface area contributed by atoms with Crippen LogP contribution >= 0.6 is 0 Å². The van der Waals surface area contributed by atoms with Crippen molar-refractivity contribution in [2.45, 2.75) is 12.5 Å². The summed E-state index contributed by atoms with van der Waals surface area (Å²) in [4.78, 5) is 30.8. The fourth-order valence-corrected chi connectivity index (χ4v) is 5.11. The Bertz CT molecular complexity index is 1030. The molecule has 2 aromatic rings. The SMILES string of the molecule is O=C([C@H]1Cc2cc([N+](=O)[O-])ccc2N2CCN(c3ccc(F)cc3)C[C@H]12)N1CCOCC1. The van der Waals surface area contributed by atoms with Crippen LogP contribution in [0.15, 0.2) is 42.5 Å². The highest BCUT2D eigenvalue weighted by molar-refractivity contribution is 5.83. The molecule has 0 saturated carbocycles. The third-order valence-electron chi connectivity index (χ3n) is 6.74. The lowest BCUT2D eigenvalue weighted by atomic mass is 9.82. The van der Waals surface area contributed by atoms with Crippen molar-refractivity contribution in [3.8, 4) is 0 Å². The Labute approximate surface area is 185 Å². The van der Waals surface area contributed by atoms with E-state index in [4.69, 9.17) is 4.74 Å². The molecule has 0 bridgehead atoms. The maximum atomic E-state index is 13.6. The third kappa shape index (κ3) is 3.77. The molecule has 2 fully saturated rings. The molecule has 1 amide bonds. The van der Waals surface area contributed by atoms with E-state index in [1.54, 1.807) is 18.2 Å². The number of nitrogens with zero attached hydrogens (tertiary/aromatic N) is 4. The van der Waals surface area contributed by atoms with Gasteiger partial charge in [0.1, 0.15) is 5.82 Å². The van der Waals surface area contributed by atoms with Crippen molar-refractivity contribution < 1.29 is 18.8 Å². The molecule has 32 heavy (non-hydrogen) atoms. The fourth-order valence-electron chi connectivity index (χ4n) is 5.11. The van der Waals surface area contributed by atoms with Crippen LogP contribution in [0.2, 0.25) is 0 Å². The average molecular weight is 440 g/mol. The second-order valence-corrected chi connectivity index (χ2v) is 8.50. The Morgan fingerprint density at radius 1 is 1.06 bits per heavy atom. The number of ether oxygens (including phenoxy) is 1. The fraction of sp³-hybridized carbons (Fsp3) is 0.435. The first-order chi connectivity index (χ1) is 15.5. The van der Waals surface area contributed by atoms with Gasteiger partial charge in [-0.2, -0.15) is 0 Å². The Morgan fingerprint density at radius 2 is 1.81 bits per heavy atom. The van der Waals surface area contributed by atoms with Crippen LogP contribution in [0.4, 0.5) is 21.5 Å². The van der Waals surface area contributed by atoms with Crippen molar-refractivity contribution in [1.29, 1.82) is 0 Å². The Kier molecular flexibility index (Phi) is 5.42. The zero-order valence-electron chi connectivity index (χ0n) is 17.7. The molecule has 3 aliphatic heterocycles. The van der Waals surface area contributed by atoms with E-state index in [-0.39, 0.29) is 29.4 Å². The number of rotatable bonds is 3. The van der Waals surface area contributed by atoms with Gasteiger partial charge in [-0.25, -0.2) is 4.39 Å². The van der Waals surface area contributed by atoms with Crippen molar-refractivity contribution >= 4 is 23.0 Å². The van der Waals surface area contributed by atoms with Crippen LogP contribution in [-0.2, 0) is 16.0 Å². The van der Waals surface area contributed by atoms with Gasteiger partial charge in [-0.15, -0.1) is 0 Å². The van der Waals surface area contributed by atoms with Crippen molar-refractivity contribution in [1.82, 2.24) is 4.90 Å². The molecular formula is C23H25FN4O4. The number of nitro groups is 1. The molecular weight excluding hydrogens is 415 g/mol. The van der Waals surface area contributed by atoms with E-state index < -0.39 is 4.92 Å². The molecule has 0 N–H and O–H groups in total. The van der Waals surface area contributed by atoms with Crippen LogP contribution in [0.1, 0.15) is 5.56 Å². The quantitative estimate of drug-likeness (QED) is 0.539. The minimum absolute atomic E-state index is 0.0460. The molecule has 3 aliphatic rings. The molecule has 0 aromatic heterocycles. The first-order valence-corrected chi connectivity index (χ1v) is 10.9. The maximum Gasteiger partial charge on any atom is 0.269 e. The van der Waals surface area contributed by atoms with Crippen LogP contribution in [0.25, 0.3) is 0 Å². The smallest absolute Gasteiger partial charge is 0.269 e. The number of carbonyl (C=O) groups is 1. The summed E-state index contributed by atoms with van der Waals surface area (Å²) < 4.78 is 18.8. The maximum absolute atomic E-state index is 13.6. The van der Waals surface area contributed by atoms with Crippen molar-refractivity contribution in [3.63, 3.8) is 0 Å². The number of piperazine rings is 1. The molecule has 0 aliphatic carbocycles. The minimum Gasteiger partial charge on any atom is -0.378 e. The predicted molar refractivity (Wildman–Crippen MR) is 117 cm³/mol. The summed E-state index contributed by atoms with van der Waals surface area (Å²) in [6, 6.07) is 11.3. The van der Waals surface area contributed by atoms with Gasteiger partial charge in [-0.1, -0.05) is 0 Å². The predicted octanol–water partition coefficient (Wildman–Crippen LogP) is 2.46. The molecule has 8 nitrogen and oxygen atoms in total. The van der Waals surface area contributed by atoms with E-state index in [0.29, 0.717) is 45.8 Å². The number of morpholine rings is 1. The molecule has 2 atom stereocenters. The van der Waals surface area contributed by atoms with E-state index in [1.165, 1.54) is 18.2 Å². The highest BCUT2D eigenvalue weighted by Crippen LogP contribution is 2.39. The van der Waals surface area contributed by atoms with E-state index in [9.17, 15) is 19.3 Å². The Morgan fingerprint density at radius 3 is 2.53 bits per heavy atom. The summed E-state index contributed by atoms with van der Waals surface area (Å²) in [5.74, 6) is -0.520. The van der Waals surface area contributed by atoms with Crippen LogP contribution in [0.3, 0.4) is 0 Å². The van der Waals surface area contributed by atoms with E-state index in [0.717, 1.165) is 23.5 Å². The van der Waals surface area contributed by atoms with Gasteiger partial charge >= 0.3 is 0 Å². The van der Waals surface area contributed by atoms with Crippen LogP contribution in [-0.4, -0.2) is 67.7 Å². The number of hydrogen-bond donors (Lipinski definition) is 0. The summed E-state index contributed by atoms with van der Waals surface area (Å²) in [6.07, 6.45) is 0.464. The first kappa shape index (κ1) is 20.7. The molecule has 0 unspecified atom stereocenters. The number of hydrogen-bond acceptors (Lipinski definition) is 6. The van der Waals surface area contributed by atoms with Crippen molar-refractivity contribution in [2.24, 2.45) is 5.92 Å². The highest BCUT2D eigenvalue weighted by atomic mass is 19.1. The molecule has 2 saturated heterocycles. The van der Waals surface area contributed by atoms with Crippen molar-refractivity contribution in [2.75, 3.05) is 55.7 Å². The second kappa shape index (κ2) is 8.38. The molecule has 168 valence electrons. The van der Waals surface area contributed by atoms with Crippen molar-refractivity contribution in [3.05, 3.63) is 64.0 Å². The summed E-state index contributed by atoms with van der Waals surface area (Å²) in [5, 5.41) is 11.3. The molecule has 0 radical (unpaired) electrons. The lowest BCUT2D eigenvalue weighted by Gasteiger charge is -2.50. The minimum atomic E-state index is -0.391. The van der Waals surface area contributed by atoms with Gasteiger partial charge in [0, 0.05) is 56.2 Å². The average Bonchev–Trinajstić information content (AvgIpc) is 2.83. The molecule has 3 heterocycles. The summed E-state index contributed by atoms with van der Waals surface area (Å²) >= 11 is 0. The van der Waals surface area contributed by atoms with E-state index >= 15 is 0 Å². The van der Waals surface area contributed by atoms with Crippen LogP contribution in [0, 0.1) is 21.8 Å². The summed E-state index contributed by atoms with van der Waals surface area (Å²) in [5.41, 5.74) is 2.78. The van der Waals surface area contributed by atoms with Gasteiger partial charge in [0.15, 0.2) is 0 Å². The Balaban J connectivity index is 1.48. The number of non-ortho nitro benzene ring substituents is 1. The molecule has 2 aromatic carbocycles. The molecule has 0 spiro atoms. The van der Waals surface area contributed by atoms with Gasteiger partial charge in [-0.3, -0.25) is 14.9 Å². The summed E-state index contributed by atoms with van der Waals surface area (Å²) in [6.45, 7) is 4.20. The standard InChI is InChI=1S/C23H25FN4O4/c24-17-1-3-18(4-2-17)26-7-8-27-21-6-5-19(28(30)31)13-16(21)14-20(22(27)15-26)23(29)25-9-11-32-12-10-25/h1-6,13,20,22H,7-12,14-15H2/t20-,22+/m0/s1. The van der Waals surface area contributed by atoms with Gasteiger partial charge in [0.25, 0.3) is 5.69 Å². The normalized spacial score (nSPS) is 22.8. The largest absolute Gasteiger partial charge is 0.378 e. The number of anilines is 2. The first-order valence-electron chi connectivity index (χ1n) is 10.9. The molecule has 5 rings (SSSR count). The lowest BCUT2D eigenvalue weighted by Crippen LogP contribution is -2.62. The topological polar surface area (TPSA) is 79.2 Å². The number of carbonyl (C=O) groups excluding carboxylic acids is 1. The Hall–Kier alpha value is -3.20. The number of nitro benzene ring substituents is 1. The van der Waals surface area contributed by atoms with Gasteiger partial charge < -0.3 is 19.4 Å². The number of benzene rings is 2. The second-order valence-electron chi connectivity index (χ2n) is 8.50. The lowest BCUT2D eigenvalue weighted by molar-refractivity contribution is -0.384.